The van der Waals surface area contributed by atoms with E-state index in [2.05, 4.69) is 14.9 Å². The molecule has 0 amide bonds. The smallest absolute Gasteiger partial charge is 0.0700 e. The van der Waals surface area contributed by atoms with Gasteiger partial charge < -0.3 is 10.0 Å². The first-order valence-corrected chi connectivity index (χ1v) is 6.20. The van der Waals surface area contributed by atoms with E-state index in [1.807, 2.05) is 0 Å². The highest BCUT2D eigenvalue weighted by Gasteiger charge is 2.42. The first-order chi connectivity index (χ1) is 7.74. The Hall–Kier alpha value is -0.770. The van der Waals surface area contributed by atoms with Crippen molar-refractivity contribution in [3.05, 3.63) is 10.4 Å². The van der Waals surface area contributed by atoms with Crippen molar-refractivity contribution in [3.63, 3.8) is 0 Å². The molecule has 5 nitrogen and oxygen atoms in total. The van der Waals surface area contributed by atoms with Crippen molar-refractivity contribution in [2.75, 3.05) is 26.2 Å². The SMILES string of the molecule is [N-]=[N+]=NCCN1CCC2(O)CCCCC2C1. The van der Waals surface area contributed by atoms with Gasteiger partial charge in [-0.1, -0.05) is 18.0 Å². The fourth-order valence-corrected chi connectivity index (χ4v) is 3.07. The van der Waals surface area contributed by atoms with Crippen LogP contribution in [-0.2, 0) is 0 Å². The van der Waals surface area contributed by atoms with Crippen LogP contribution in [0.5, 0.6) is 0 Å². The van der Waals surface area contributed by atoms with E-state index < -0.39 is 5.60 Å². The summed E-state index contributed by atoms with van der Waals surface area (Å²) in [7, 11) is 0. The fourth-order valence-electron chi connectivity index (χ4n) is 3.07. The molecule has 0 aromatic heterocycles. The Morgan fingerprint density at radius 1 is 1.44 bits per heavy atom. The number of likely N-dealkylation sites (tertiary alicyclic amines) is 1. The van der Waals surface area contributed by atoms with Crippen LogP contribution in [0.1, 0.15) is 32.1 Å². The van der Waals surface area contributed by atoms with E-state index in [1.165, 1.54) is 12.8 Å². The molecular formula is C11H20N4O. The maximum Gasteiger partial charge on any atom is 0.0700 e. The maximum atomic E-state index is 10.5. The standard InChI is InChI=1S/C11H20N4O/c12-14-13-6-8-15-7-5-11(16)4-2-1-3-10(11)9-15/h10,16H,1-9H2. The molecule has 0 aromatic carbocycles. The summed E-state index contributed by atoms with van der Waals surface area (Å²) < 4.78 is 0. The number of hydrogen-bond donors (Lipinski definition) is 1. The van der Waals surface area contributed by atoms with Crippen molar-refractivity contribution in [1.29, 1.82) is 0 Å². The molecule has 1 N–H and O–H groups in total. The van der Waals surface area contributed by atoms with Gasteiger partial charge in [-0.15, -0.1) is 0 Å². The lowest BCUT2D eigenvalue weighted by molar-refractivity contribution is -0.0946. The minimum Gasteiger partial charge on any atom is -0.390 e. The van der Waals surface area contributed by atoms with Crippen LogP contribution in [0.4, 0.5) is 0 Å². The van der Waals surface area contributed by atoms with Crippen LogP contribution < -0.4 is 0 Å². The van der Waals surface area contributed by atoms with Gasteiger partial charge in [0.2, 0.25) is 0 Å². The zero-order chi connectivity index (χ0) is 11.4. The second kappa shape index (κ2) is 5.04. The van der Waals surface area contributed by atoms with Gasteiger partial charge in [-0.3, -0.25) is 0 Å². The molecule has 2 unspecified atom stereocenters. The Morgan fingerprint density at radius 2 is 2.31 bits per heavy atom. The number of aliphatic hydroxyl groups is 1. The molecule has 0 spiro atoms. The Balaban J connectivity index is 1.86. The van der Waals surface area contributed by atoms with Crippen LogP contribution in [-0.4, -0.2) is 41.8 Å². The average molecular weight is 224 g/mol. The summed E-state index contributed by atoms with van der Waals surface area (Å²) >= 11 is 0. The van der Waals surface area contributed by atoms with Gasteiger partial charge in [0.25, 0.3) is 0 Å². The molecule has 1 saturated carbocycles. The van der Waals surface area contributed by atoms with Crippen LogP contribution in [0.15, 0.2) is 5.11 Å². The highest BCUT2D eigenvalue weighted by Crippen LogP contribution is 2.39. The van der Waals surface area contributed by atoms with Gasteiger partial charge in [-0.05, 0) is 24.8 Å². The topological polar surface area (TPSA) is 72.2 Å². The molecule has 16 heavy (non-hydrogen) atoms. The molecule has 1 heterocycles. The highest BCUT2D eigenvalue weighted by molar-refractivity contribution is 4.95. The molecule has 2 aliphatic rings. The first kappa shape index (κ1) is 11.7. The monoisotopic (exact) mass is 224 g/mol. The lowest BCUT2D eigenvalue weighted by Crippen LogP contribution is -2.53. The van der Waals surface area contributed by atoms with E-state index >= 15 is 0 Å². The van der Waals surface area contributed by atoms with Gasteiger partial charge in [0, 0.05) is 37.0 Å². The Morgan fingerprint density at radius 3 is 3.12 bits per heavy atom. The van der Waals surface area contributed by atoms with E-state index in [4.69, 9.17) is 5.53 Å². The van der Waals surface area contributed by atoms with Crippen LogP contribution in [0, 0.1) is 5.92 Å². The molecule has 0 aromatic rings. The number of hydrogen-bond acceptors (Lipinski definition) is 3. The quantitative estimate of drug-likeness (QED) is 0.452. The molecule has 90 valence electrons. The molecule has 0 bridgehead atoms. The predicted molar refractivity (Wildman–Crippen MR) is 62.0 cm³/mol. The van der Waals surface area contributed by atoms with Crippen molar-refractivity contribution in [3.8, 4) is 0 Å². The molecule has 2 rings (SSSR count). The van der Waals surface area contributed by atoms with E-state index in [0.29, 0.717) is 12.5 Å². The van der Waals surface area contributed by atoms with Gasteiger partial charge in [0.05, 0.1) is 5.60 Å². The number of nitrogens with zero attached hydrogens (tertiary/aromatic N) is 4. The summed E-state index contributed by atoms with van der Waals surface area (Å²) in [4.78, 5) is 5.08. The number of azide groups is 1. The van der Waals surface area contributed by atoms with Crippen molar-refractivity contribution >= 4 is 0 Å². The van der Waals surface area contributed by atoms with Crippen molar-refractivity contribution in [2.45, 2.75) is 37.7 Å². The van der Waals surface area contributed by atoms with Crippen LogP contribution in [0.25, 0.3) is 10.4 Å². The molecule has 2 fully saturated rings. The molecular weight excluding hydrogens is 204 g/mol. The Bertz CT molecular complexity index is 290. The third kappa shape index (κ3) is 2.48. The van der Waals surface area contributed by atoms with Gasteiger partial charge >= 0.3 is 0 Å². The predicted octanol–water partition coefficient (Wildman–Crippen LogP) is 1.92. The summed E-state index contributed by atoms with van der Waals surface area (Å²) in [6.07, 6.45) is 5.42. The normalized spacial score (nSPS) is 35.2. The Labute approximate surface area is 96.1 Å². The molecule has 5 heteroatoms. The number of rotatable bonds is 3. The van der Waals surface area contributed by atoms with Gasteiger partial charge in [0.1, 0.15) is 0 Å². The molecule has 0 radical (unpaired) electrons. The van der Waals surface area contributed by atoms with E-state index in [0.717, 1.165) is 38.9 Å². The highest BCUT2D eigenvalue weighted by atomic mass is 16.3. The molecule has 2 atom stereocenters. The summed E-state index contributed by atoms with van der Waals surface area (Å²) in [5.41, 5.74) is 7.83. The number of fused-ring (bicyclic) bond motifs is 1. The lowest BCUT2D eigenvalue weighted by atomic mass is 9.71. The first-order valence-electron chi connectivity index (χ1n) is 6.20. The third-order valence-electron chi connectivity index (χ3n) is 4.09. The Kier molecular flexibility index (Phi) is 3.69. The minimum atomic E-state index is -0.396. The molecule has 1 saturated heterocycles. The zero-order valence-corrected chi connectivity index (χ0v) is 9.68. The average Bonchev–Trinajstić information content (AvgIpc) is 2.29. The number of piperidine rings is 1. The fraction of sp³-hybridized carbons (Fsp3) is 1.00. The van der Waals surface area contributed by atoms with Crippen LogP contribution in [0.2, 0.25) is 0 Å². The summed E-state index contributed by atoms with van der Waals surface area (Å²) in [6, 6.07) is 0. The van der Waals surface area contributed by atoms with Crippen molar-refractivity contribution in [2.24, 2.45) is 11.0 Å². The van der Waals surface area contributed by atoms with E-state index in [-0.39, 0.29) is 0 Å². The molecule has 1 aliphatic heterocycles. The third-order valence-corrected chi connectivity index (χ3v) is 4.09. The largest absolute Gasteiger partial charge is 0.390 e. The summed E-state index contributed by atoms with van der Waals surface area (Å²) in [6.45, 7) is 3.28. The van der Waals surface area contributed by atoms with Crippen LogP contribution >= 0.6 is 0 Å². The van der Waals surface area contributed by atoms with Crippen molar-refractivity contribution < 1.29 is 5.11 Å². The van der Waals surface area contributed by atoms with Crippen molar-refractivity contribution in [1.82, 2.24) is 4.90 Å². The van der Waals surface area contributed by atoms with Gasteiger partial charge in [0.15, 0.2) is 0 Å². The molecule has 1 aliphatic carbocycles. The summed E-state index contributed by atoms with van der Waals surface area (Å²) in [5.74, 6) is 0.432. The lowest BCUT2D eigenvalue weighted by Gasteiger charge is -2.47. The van der Waals surface area contributed by atoms with E-state index in [9.17, 15) is 5.11 Å². The zero-order valence-electron chi connectivity index (χ0n) is 9.68. The summed E-state index contributed by atoms with van der Waals surface area (Å²) in [5, 5.41) is 14.0. The minimum absolute atomic E-state index is 0.396. The van der Waals surface area contributed by atoms with E-state index in [1.54, 1.807) is 0 Å². The van der Waals surface area contributed by atoms with Gasteiger partial charge in [-0.2, -0.15) is 0 Å². The second-order valence-electron chi connectivity index (χ2n) is 5.05. The second-order valence-corrected chi connectivity index (χ2v) is 5.05. The maximum absolute atomic E-state index is 10.5. The van der Waals surface area contributed by atoms with Crippen LogP contribution in [0.3, 0.4) is 0 Å². The van der Waals surface area contributed by atoms with Gasteiger partial charge in [-0.25, -0.2) is 0 Å².